The van der Waals surface area contributed by atoms with Crippen LogP contribution in [-0.4, -0.2) is 53.9 Å². The summed E-state index contributed by atoms with van der Waals surface area (Å²) >= 11 is 0. The van der Waals surface area contributed by atoms with E-state index in [4.69, 9.17) is 0 Å². The molecule has 1 N–H and O–H groups in total. The van der Waals surface area contributed by atoms with Gasteiger partial charge in [-0.3, -0.25) is 5.32 Å². The van der Waals surface area contributed by atoms with E-state index in [1.54, 1.807) is 0 Å². The molecule has 0 aromatic heterocycles. The van der Waals surface area contributed by atoms with Crippen molar-refractivity contribution in [1.29, 1.82) is 0 Å². The molecule has 0 heterocycles. The van der Waals surface area contributed by atoms with Crippen LogP contribution in [0.3, 0.4) is 0 Å². The third kappa shape index (κ3) is 5.81. The van der Waals surface area contributed by atoms with Crippen LogP contribution in [0.25, 0.3) is 0 Å². The minimum atomic E-state index is -8.67. The number of allylic oxidation sites excluding steroid dienone is 1. The molecule has 0 aliphatic rings. The van der Waals surface area contributed by atoms with Gasteiger partial charge >= 0.3 is 53.8 Å². The number of amides is 1. The molecule has 1 aromatic rings. The second-order valence-electron chi connectivity index (χ2n) is 7.74. The molecule has 0 aliphatic heterocycles. The molecule has 230 valence electrons. The summed E-state index contributed by atoms with van der Waals surface area (Å²) in [5, 5.41) is 1.91. The van der Waals surface area contributed by atoms with Crippen molar-refractivity contribution in [1.82, 2.24) is 0 Å². The molecule has 0 atom stereocenters. The molecule has 1 aromatic carbocycles. The zero-order chi connectivity index (χ0) is 31.9. The maximum Gasteiger partial charge on any atom is 0.460 e. The number of hydrogen-bond donors (Lipinski definition) is 1. The summed E-state index contributed by atoms with van der Waals surface area (Å²) in [5.74, 6) is -55.7. The highest BCUT2D eigenvalue weighted by atomic mass is 19.4. The van der Waals surface area contributed by atoms with Crippen LogP contribution in [0, 0.1) is 0 Å². The molecule has 0 aliphatic carbocycles. The number of anilines is 1. The van der Waals surface area contributed by atoms with Gasteiger partial charge in [0.05, 0.1) is 6.10 Å². The Labute approximate surface area is 210 Å². The lowest BCUT2D eigenvalue weighted by Gasteiger charge is -2.41. The Bertz CT molecular complexity index is 1110. The van der Waals surface area contributed by atoms with Gasteiger partial charge in [-0.05, 0) is 26.0 Å². The van der Waals surface area contributed by atoms with E-state index >= 15 is 0 Å². The maximum atomic E-state index is 13.8. The fourth-order valence-electron chi connectivity index (χ4n) is 2.37. The van der Waals surface area contributed by atoms with Crippen molar-refractivity contribution < 1.29 is 88.9 Å². The third-order valence-electron chi connectivity index (χ3n) is 4.41. The van der Waals surface area contributed by atoms with Gasteiger partial charge in [0.15, 0.2) is 0 Å². The average Bonchev–Trinajstić information content (AvgIpc) is 2.76. The van der Waals surface area contributed by atoms with E-state index in [0.717, 1.165) is 12.1 Å². The van der Waals surface area contributed by atoms with Crippen LogP contribution in [0.5, 0.6) is 5.75 Å². The molecular weight excluding hydrogens is 613 g/mol. The van der Waals surface area contributed by atoms with Crippen molar-refractivity contribution in [3.05, 3.63) is 36.1 Å². The Morgan fingerprint density at radius 1 is 0.725 bits per heavy atom. The van der Waals surface area contributed by atoms with Gasteiger partial charge in [0.2, 0.25) is 5.83 Å². The van der Waals surface area contributed by atoms with E-state index in [9.17, 15) is 79.4 Å². The first-order valence-electron chi connectivity index (χ1n) is 9.74. The molecule has 0 saturated heterocycles. The van der Waals surface area contributed by atoms with Crippen LogP contribution in [0.4, 0.5) is 85.1 Å². The molecule has 0 radical (unpaired) electrons. The van der Waals surface area contributed by atoms with Crippen LogP contribution in [0.1, 0.15) is 13.8 Å². The van der Waals surface area contributed by atoms with E-state index in [0.29, 0.717) is 12.1 Å². The Balaban J connectivity index is 3.47. The molecule has 21 heteroatoms. The smallest absolute Gasteiger partial charge is 0.447 e. The summed E-state index contributed by atoms with van der Waals surface area (Å²) in [5.41, 5.74) is -0.451. The lowest BCUT2D eigenvalue weighted by Crippen LogP contribution is -2.72. The van der Waals surface area contributed by atoms with Crippen LogP contribution >= 0.6 is 0 Å². The van der Waals surface area contributed by atoms with Gasteiger partial charge < -0.3 is 9.47 Å². The number of ether oxygens (including phenoxy) is 2. The number of benzene rings is 1. The largest absolute Gasteiger partial charge is 0.460 e. The summed E-state index contributed by atoms with van der Waals surface area (Å²) in [4.78, 5) is 11.5. The van der Waals surface area contributed by atoms with Gasteiger partial charge in [-0.2, -0.15) is 74.6 Å². The molecule has 1 rings (SSSR count). The third-order valence-corrected chi connectivity index (χ3v) is 4.41. The van der Waals surface area contributed by atoms with E-state index in [1.807, 2.05) is 5.32 Å². The first-order chi connectivity index (χ1) is 17.6. The fourth-order valence-corrected chi connectivity index (χ4v) is 2.37. The number of carbonyl (C=O) groups excluding carboxylic acids is 1. The van der Waals surface area contributed by atoms with Crippen molar-refractivity contribution in [3.8, 4) is 5.75 Å². The highest BCUT2D eigenvalue weighted by Gasteiger charge is 2.93. The predicted molar refractivity (Wildman–Crippen MR) is 97.3 cm³/mol. The Hall–Kier alpha value is -3.16. The summed E-state index contributed by atoms with van der Waals surface area (Å²) in [6, 6.07) is -0.916. The fraction of sp³-hybridized carbons (Fsp3) is 0.526. The first-order valence-corrected chi connectivity index (χ1v) is 9.74. The lowest BCUT2D eigenvalue weighted by atomic mass is 9.91. The highest BCUT2D eigenvalue weighted by molar-refractivity contribution is 5.84. The summed E-state index contributed by atoms with van der Waals surface area (Å²) in [7, 11) is 0. The van der Waals surface area contributed by atoms with Gasteiger partial charge in [-0.1, -0.05) is 6.07 Å². The highest BCUT2D eigenvalue weighted by Crippen LogP contribution is 2.63. The monoisotopic (exact) mass is 625 g/mol. The SMILES string of the molecule is CC(C)OC(=O)Nc1cccc(OC(F)=C(F)C(F)(F)C(F)(F)C(F)(F)C(F)(F)C(F)(F)C(F)(F)C(F)(F)F)c1. The van der Waals surface area contributed by atoms with Gasteiger partial charge in [0.1, 0.15) is 5.75 Å². The van der Waals surface area contributed by atoms with Crippen molar-refractivity contribution in [2.24, 2.45) is 0 Å². The summed E-state index contributed by atoms with van der Waals surface area (Å²) in [6.45, 7) is 2.75. The zero-order valence-electron chi connectivity index (χ0n) is 19.0. The molecule has 0 spiro atoms. The molecule has 1 amide bonds. The van der Waals surface area contributed by atoms with Crippen molar-refractivity contribution in [2.45, 2.75) is 61.7 Å². The predicted octanol–water partition coefficient (Wildman–Crippen LogP) is 8.50. The standard InChI is InChI=1S/C19H12F17NO3/c1-7(2)39-12(38)37-8-4-3-5-9(6-8)40-11(21)10(20)13(22,23)14(24,25)15(26,27)16(28,29)17(30,31)18(32,33)19(34,35)36/h3-7H,1-2H3,(H,37,38). The zero-order valence-corrected chi connectivity index (χ0v) is 19.0. The van der Waals surface area contributed by atoms with Crippen molar-refractivity contribution in [3.63, 3.8) is 0 Å². The van der Waals surface area contributed by atoms with E-state index in [-0.39, 0.29) is 0 Å². The Kier molecular flexibility index (Phi) is 9.30. The Morgan fingerprint density at radius 3 is 1.62 bits per heavy atom. The quantitative estimate of drug-likeness (QED) is 0.210. The van der Waals surface area contributed by atoms with Gasteiger partial charge in [0.25, 0.3) is 0 Å². The minimum absolute atomic E-state index is 0.438. The topological polar surface area (TPSA) is 47.6 Å². The second-order valence-corrected chi connectivity index (χ2v) is 7.74. The molecule has 4 nitrogen and oxygen atoms in total. The van der Waals surface area contributed by atoms with E-state index in [1.165, 1.54) is 13.8 Å². The van der Waals surface area contributed by atoms with Crippen molar-refractivity contribution in [2.75, 3.05) is 5.32 Å². The number of rotatable bonds is 10. The van der Waals surface area contributed by atoms with Gasteiger partial charge in [-0.15, -0.1) is 0 Å². The molecule has 0 fully saturated rings. The van der Waals surface area contributed by atoms with Crippen molar-refractivity contribution >= 4 is 11.8 Å². The number of alkyl halides is 15. The lowest BCUT2D eigenvalue weighted by molar-refractivity contribution is -0.451. The molecule has 0 unspecified atom stereocenters. The summed E-state index contributed by atoms with van der Waals surface area (Å²) in [6.07, 6.45) is -9.71. The van der Waals surface area contributed by atoms with Crippen LogP contribution in [0.2, 0.25) is 0 Å². The van der Waals surface area contributed by atoms with Gasteiger partial charge in [0, 0.05) is 11.8 Å². The number of carbonyl (C=O) groups is 1. The molecule has 0 bridgehead atoms. The number of nitrogens with one attached hydrogen (secondary N) is 1. The van der Waals surface area contributed by atoms with E-state index < -0.39 is 77.2 Å². The van der Waals surface area contributed by atoms with Crippen LogP contribution in [0.15, 0.2) is 36.1 Å². The first kappa shape index (κ1) is 34.9. The second kappa shape index (κ2) is 10.7. The normalized spacial score (nSPS) is 15.1. The number of hydrogen-bond acceptors (Lipinski definition) is 3. The van der Waals surface area contributed by atoms with Gasteiger partial charge in [-0.25, -0.2) is 4.79 Å². The molecular formula is C19H12F17NO3. The maximum absolute atomic E-state index is 13.8. The average molecular weight is 625 g/mol. The summed E-state index contributed by atoms with van der Waals surface area (Å²) < 4.78 is 234. The number of halogens is 17. The van der Waals surface area contributed by atoms with E-state index in [2.05, 4.69) is 9.47 Å². The minimum Gasteiger partial charge on any atom is -0.447 e. The van der Waals surface area contributed by atoms with Crippen LogP contribution in [-0.2, 0) is 4.74 Å². The Morgan fingerprint density at radius 2 is 1.18 bits per heavy atom. The molecule has 40 heavy (non-hydrogen) atoms. The van der Waals surface area contributed by atoms with Crippen LogP contribution < -0.4 is 10.1 Å². The molecule has 0 saturated carbocycles.